The molecule has 21 heteroatoms. The quantitative estimate of drug-likeness (QED) is 0.0296. The zero-order valence-electron chi connectivity index (χ0n) is 38.5. The summed E-state index contributed by atoms with van der Waals surface area (Å²) >= 11 is 0. The van der Waals surface area contributed by atoms with Crippen molar-refractivity contribution < 1.29 is 58.0 Å². The summed E-state index contributed by atoms with van der Waals surface area (Å²) in [6, 6.07) is 30.1. The van der Waals surface area contributed by atoms with E-state index in [0.717, 1.165) is 6.07 Å². The van der Waals surface area contributed by atoms with E-state index in [1.54, 1.807) is 90.4 Å². The number of ether oxygens (including phenoxy) is 2. The van der Waals surface area contributed by atoms with Crippen LogP contribution in [-0.4, -0.2) is 97.4 Å². The molecular formula is C52H43N9O12. The van der Waals surface area contributed by atoms with E-state index in [1.165, 1.54) is 52.9 Å². The van der Waals surface area contributed by atoms with Gasteiger partial charge in [0.2, 0.25) is 11.6 Å². The number of nitrogens with one attached hydrogen (secondary N) is 4. The second-order valence-electron chi connectivity index (χ2n) is 16.2. The number of ketones is 2. The second-order valence-corrected chi connectivity index (χ2v) is 16.2. The number of anilines is 4. The Hall–Kier alpha value is -10.3. The molecule has 4 heterocycles. The minimum Gasteiger partial charge on any atom is -0.484 e. The van der Waals surface area contributed by atoms with Crippen molar-refractivity contribution in [1.29, 1.82) is 0 Å². The Morgan fingerprint density at radius 1 is 0.562 bits per heavy atom. The van der Waals surface area contributed by atoms with E-state index in [1.807, 2.05) is 0 Å². The first kappa shape index (κ1) is 49.1. The third-order valence-corrected chi connectivity index (χ3v) is 11.3. The molecule has 8 rings (SSSR count). The van der Waals surface area contributed by atoms with Gasteiger partial charge in [0.05, 0.1) is 33.5 Å². The Bertz CT molecular complexity index is 3560. The van der Waals surface area contributed by atoms with Gasteiger partial charge in [-0.1, -0.05) is 24.3 Å². The minimum absolute atomic E-state index is 0.00943. The molecule has 0 fully saturated rings. The predicted molar refractivity (Wildman–Crippen MR) is 266 cm³/mol. The number of benzene rings is 4. The van der Waals surface area contributed by atoms with Crippen LogP contribution in [0.5, 0.6) is 11.5 Å². The van der Waals surface area contributed by atoms with Crippen LogP contribution in [0.4, 0.5) is 22.9 Å². The lowest BCUT2D eigenvalue weighted by atomic mass is 10.0. The summed E-state index contributed by atoms with van der Waals surface area (Å²) in [6.45, 7) is 0.914. The molecule has 0 saturated carbocycles. The van der Waals surface area contributed by atoms with E-state index in [9.17, 15) is 48.6 Å². The summed E-state index contributed by atoms with van der Waals surface area (Å²) in [5, 5.41) is 29.8. The van der Waals surface area contributed by atoms with Gasteiger partial charge in [-0.05, 0) is 104 Å². The molecule has 0 aliphatic heterocycles. The maximum absolute atomic E-state index is 13.8. The summed E-state index contributed by atoms with van der Waals surface area (Å²) in [6.07, 6.45) is 3.22. The van der Waals surface area contributed by atoms with Crippen LogP contribution in [0, 0.1) is 6.92 Å². The summed E-state index contributed by atoms with van der Waals surface area (Å²) < 4.78 is 14.3. The number of imidazole rings is 1. The first-order chi connectivity index (χ1) is 35.1. The number of amides is 4. The number of aromatic nitrogens is 3. The van der Waals surface area contributed by atoms with Gasteiger partial charge in [0, 0.05) is 64.7 Å². The number of carboxylic acid groups (broad SMARTS) is 2. The highest BCUT2D eigenvalue weighted by atomic mass is 16.5. The van der Waals surface area contributed by atoms with Crippen LogP contribution in [0.1, 0.15) is 79.2 Å². The highest BCUT2D eigenvalue weighted by Crippen LogP contribution is 2.32. The first-order valence-electron chi connectivity index (χ1n) is 22.1. The molecule has 0 aliphatic rings. The average molecular weight is 986 g/mol. The molecule has 0 aliphatic carbocycles. The molecule has 0 saturated heterocycles. The van der Waals surface area contributed by atoms with E-state index >= 15 is 0 Å². The van der Waals surface area contributed by atoms with Gasteiger partial charge < -0.3 is 56.8 Å². The second kappa shape index (κ2) is 21.1. The zero-order valence-corrected chi connectivity index (χ0v) is 38.5. The zero-order chi connectivity index (χ0) is 51.9. The number of carbonyl (C=O) groups excluding carboxylic acids is 6. The van der Waals surface area contributed by atoms with Crippen molar-refractivity contribution in [3.63, 3.8) is 0 Å². The molecule has 21 nitrogen and oxygen atoms in total. The minimum atomic E-state index is -1.30. The number of hydrogen-bond acceptors (Lipinski definition) is 13. The Kier molecular flexibility index (Phi) is 14.2. The van der Waals surface area contributed by atoms with Gasteiger partial charge in [0.1, 0.15) is 11.5 Å². The van der Waals surface area contributed by atoms with Crippen molar-refractivity contribution in [2.75, 3.05) is 48.4 Å². The monoisotopic (exact) mass is 985 g/mol. The number of fused-ring (bicyclic) bond motifs is 2. The number of aromatic carboxylic acids is 2. The average Bonchev–Trinajstić information content (AvgIpc) is 3.89. The third kappa shape index (κ3) is 10.8. The molecule has 4 amide bonds. The molecule has 73 heavy (non-hydrogen) atoms. The van der Waals surface area contributed by atoms with Crippen LogP contribution < -0.4 is 42.2 Å². The van der Waals surface area contributed by atoms with Gasteiger partial charge in [-0.15, -0.1) is 0 Å². The van der Waals surface area contributed by atoms with Gasteiger partial charge in [-0.3, -0.25) is 33.2 Å². The van der Waals surface area contributed by atoms with Gasteiger partial charge in [-0.25, -0.2) is 14.6 Å². The lowest BCUT2D eigenvalue weighted by molar-refractivity contribution is -0.124. The molecule has 10 N–H and O–H groups in total. The third-order valence-electron chi connectivity index (χ3n) is 11.3. The first-order valence-corrected chi connectivity index (χ1v) is 22.1. The lowest BCUT2D eigenvalue weighted by Gasteiger charge is -2.11. The van der Waals surface area contributed by atoms with Crippen LogP contribution in [-0.2, 0) is 9.59 Å². The molecule has 0 radical (unpaired) electrons. The molecule has 4 aromatic carbocycles. The van der Waals surface area contributed by atoms with E-state index < -0.39 is 60.3 Å². The van der Waals surface area contributed by atoms with Crippen LogP contribution >= 0.6 is 0 Å². The number of carboxylic acids is 2. The largest absolute Gasteiger partial charge is 0.484 e. The highest BCUT2D eigenvalue weighted by Gasteiger charge is 2.26. The van der Waals surface area contributed by atoms with Gasteiger partial charge in [0.25, 0.3) is 23.6 Å². The van der Waals surface area contributed by atoms with Crippen LogP contribution in [0.3, 0.4) is 0 Å². The maximum Gasteiger partial charge on any atom is 0.337 e. The molecule has 0 unspecified atom stereocenters. The Morgan fingerprint density at radius 2 is 1.07 bits per heavy atom. The van der Waals surface area contributed by atoms with Crippen molar-refractivity contribution in [1.82, 2.24) is 24.4 Å². The van der Waals surface area contributed by atoms with Crippen LogP contribution in [0.25, 0.3) is 11.0 Å². The summed E-state index contributed by atoms with van der Waals surface area (Å²) in [5.41, 5.74) is 13.5. The molecular weight excluding hydrogens is 943 g/mol. The van der Waals surface area contributed by atoms with Crippen LogP contribution in [0.2, 0.25) is 0 Å². The van der Waals surface area contributed by atoms with Gasteiger partial charge in [0.15, 0.2) is 24.9 Å². The van der Waals surface area contributed by atoms with Crippen molar-refractivity contribution in [2.45, 2.75) is 6.92 Å². The fourth-order valence-electron chi connectivity index (χ4n) is 7.72. The normalized spacial score (nSPS) is 10.9. The summed E-state index contributed by atoms with van der Waals surface area (Å²) in [4.78, 5) is 107. The number of hydrogen-bond donors (Lipinski definition) is 8. The van der Waals surface area contributed by atoms with Crippen molar-refractivity contribution >= 4 is 81.0 Å². The number of rotatable bonds is 19. The fourth-order valence-corrected chi connectivity index (χ4v) is 7.72. The van der Waals surface area contributed by atoms with E-state index in [4.69, 9.17) is 20.9 Å². The molecule has 8 aromatic rings. The van der Waals surface area contributed by atoms with E-state index in [-0.39, 0.29) is 86.7 Å². The van der Waals surface area contributed by atoms with E-state index in [0.29, 0.717) is 22.3 Å². The number of carbonyl (C=O) groups is 8. The Balaban J connectivity index is 0.797. The molecule has 368 valence electrons. The van der Waals surface area contributed by atoms with Crippen molar-refractivity contribution in [2.24, 2.45) is 0 Å². The van der Waals surface area contributed by atoms with Gasteiger partial charge in [-0.2, -0.15) is 0 Å². The van der Waals surface area contributed by atoms with Crippen molar-refractivity contribution in [3.8, 4) is 11.5 Å². The molecule has 0 spiro atoms. The fraction of sp³-hybridized carbons (Fsp3) is 0.0962. The molecule has 0 atom stereocenters. The number of pyridine rings is 2. The smallest absolute Gasteiger partial charge is 0.337 e. The predicted octanol–water partition coefficient (Wildman–Crippen LogP) is 5.11. The Labute approximate surface area is 413 Å². The van der Waals surface area contributed by atoms with Crippen molar-refractivity contribution in [3.05, 3.63) is 184 Å². The summed E-state index contributed by atoms with van der Waals surface area (Å²) in [5.74, 6) is -5.45. The highest BCUT2D eigenvalue weighted by molar-refractivity contribution is 6.15. The Morgan fingerprint density at radius 3 is 1.62 bits per heavy atom. The lowest BCUT2D eigenvalue weighted by Crippen LogP contribution is -2.38. The molecule has 0 bridgehead atoms. The number of nitrogens with zero attached hydrogens (tertiary/aromatic N) is 3. The SMILES string of the molecule is Cc1c(NC(=O)c2cccc(OCC(=O)NCCNC(=O)COc3cccc(C(=O)Nc4nc(C(=O)c5ccc(N)c(C(=O)O)c5)n5ccccc45)c3)c2)c2ccccn2c1C(=O)c1ccc(N)c(C(=O)O)c1. The topological polar surface area (TPSA) is 317 Å². The van der Waals surface area contributed by atoms with Crippen LogP contribution in [0.15, 0.2) is 134 Å². The van der Waals surface area contributed by atoms with Gasteiger partial charge >= 0.3 is 11.9 Å². The number of nitrogens with two attached hydrogens (primary N) is 2. The van der Waals surface area contributed by atoms with E-state index in [2.05, 4.69) is 26.3 Å². The summed E-state index contributed by atoms with van der Waals surface area (Å²) in [7, 11) is 0. The maximum atomic E-state index is 13.8. The standard InChI is InChI=1S/C52H43N9O12/c1-28-43(39-12-2-4-20-60(39)44(28)45(64)29-14-16-37(53)35(24-29)51(68)69)57-49(66)31-8-6-10-33(22-31)72-26-41(62)55-18-19-56-42(63)27-73-34-11-7-9-32(23-34)50(67)59-47-40-13-3-5-21-61(40)48(58-47)46(65)30-15-17-38(54)36(25-30)52(70)71/h2-17,20-25H,18-19,26-27,53-54H2,1H3,(H,55,62)(H,56,63)(H,57,66)(H,59,67)(H,68,69)(H,70,71). The number of nitrogen functional groups attached to an aromatic ring is 2. The molecule has 4 aromatic heterocycles.